The highest BCUT2D eigenvalue weighted by Gasteiger charge is 2.03. The van der Waals surface area contributed by atoms with E-state index < -0.39 is 0 Å². The van der Waals surface area contributed by atoms with Crippen LogP contribution < -0.4 is 0 Å². The molecule has 0 spiro atoms. The number of carbonyl (C=O) groups excluding carboxylic acids is 1. The topological polar surface area (TPSA) is 38.7 Å². The number of methoxy groups -OCH3 is 1. The summed E-state index contributed by atoms with van der Waals surface area (Å²) in [5.41, 5.74) is 3.45. The van der Waals surface area contributed by atoms with Gasteiger partial charge < -0.3 is 4.74 Å². The van der Waals surface area contributed by atoms with Gasteiger partial charge in [0.05, 0.1) is 18.4 Å². The molecule has 0 unspecified atom stereocenters. The van der Waals surface area contributed by atoms with Gasteiger partial charge in [0, 0.05) is 18.2 Å². The summed E-state index contributed by atoms with van der Waals surface area (Å²) in [7, 11) is 1.37. The maximum Gasteiger partial charge on any atom is 0.337 e. The van der Waals surface area contributed by atoms with E-state index in [9.17, 15) is 4.79 Å². The molecule has 0 fully saturated rings. The Labute approximate surface area is 135 Å². The zero-order valence-corrected chi connectivity index (χ0v) is 13.2. The molecule has 0 saturated heterocycles. The van der Waals surface area contributed by atoms with Gasteiger partial charge in [-0.05, 0) is 23.1 Å². The molecule has 22 heavy (non-hydrogen) atoms. The molecule has 0 saturated carbocycles. The number of benzene rings is 2. The van der Waals surface area contributed by atoms with E-state index in [2.05, 4.69) is 22.4 Å². The second-order valence-electron chi connectivity index (χ2n) is 4.58. The zero-order valence-electron chi connectivity index (χ0n) is 12.3. The highest BCUT2D eigenvalue weighted by Crippen LogP contribution is 2.16. The van der Waals surface area contributed by atoms with Crippen molar-refractivity contribution in [2.75, 3.05) is 7.11 Å². The van der Waals surface area contributed by atoms with Crippen LogP contribution in [0.1, 0.15) is 21.5 Å². The van der Waals surface area contributed by atoms with Crippen LogP contribution >= 0.6 is 12.6 Å². The molecule has 4 heteroatoms. The van der Waals surface area contributed by atoms with Gasteiger partial charge in [0.15, 0.2) is 0 Å². The normalized spacial score (nSPS) is 11.6. The first-order chi connectivity index (χ1) is 10.7. The number of esters is 1. The third-order valence-electron chi connectivity index (χ3n) is 3.12. The van der Waals surface area contributed by atoms with Crippen LogP contribution in [-0.2, 0) is 11.2 Å². The van der Waals surface area contributed by atoms with Crippen molar-refractivity contribution < 1.29 is 9.53 Å². The summed E-state index contributed by atoms with van der Waals surface area (Å²) in [5, 5.41) is 1.69. The van der Waals surface area contributed by atoms with E-state index in [1.165, 1.54) is 7.11 Å². The summed E-state index contributed by atoms with van der Waals surface area (Å²) in [4.78, 5) is 15.8. The Morgan fingerprint density at radius 2 is 1.77 bits per heavy atom. The van der Waals surface area contributed by atoms with Crippen molar-refractivity contribution in [2.24, 2.45) is 4.99 Å². The molecular weight excluding hydrogens is 294 g/mol. The van der Waals surface area contributed by atoms with E-state index in [0.29, 0.717) is 12.0 Å². The third-order valence-corrected chi connectivity index (χ3v) is 3.37. The standard InChI is InChI=1S/C18H17NO2S/c1-21-18(20)16-9-7-14(8-10-16)11-12-19-17(13-22)15-5-3-2-4-6-15/h2-10,12-13,22H,11H2,1H3/b17-13-,19-12?. The number of hydrogen-bond donors (Lipinski definition) is 1. The molecule has 0 aliphatic rings. The molecular formula is C18H17NO2S. The third kappa shape index (κ3) is 4.33. The molecule has 0 N–H and O–H groups in total. The molecule has 3 nitrogen and oxygen atoms in total. The molecule has 0 radical (unpaired) electrons. The van der Waals surface area contributed by atoms with Crippen LogP contribution in [0.2, 0.25) is 0 Å². The molecule has 2 rings (SSSR count). The zero-order chi connectivity index (χ0) is 15.8. The first-order valence-corrected chi connectivity index (χ1v) is 7.36. The van der Waals surface area contributed by atoms with Crippen LogP contribution in [0, 0.1) is 0 Å². The van der Waals surface area contributed by atoms with E-state index in [1.807, 2.05) is 48.7 Å². The van der Waals surface area contributed by atoms with Gasteiger partial charge in [-0.15, -0.1) is 12.6 Å². The van der Waals surface area contributed by atoms with E-state index in [0.717, 1.165) is 16.8 Å². The van der Waals surface area contributed by atoms with Gasteiger partial charge in [-0.25, -0.2) is 4.79 Å². The van der Waals surface area contributed by atoms with Crippen molar-refractivity contribution in [1.29, 1.82) is 0 Å². The molecule has 112 valence electrons. The summed E-state index contributed by atoms with van der Waals surface area (Å²) in [6, 6.07) is 17.2. The van der Waals surface area contributed by atoms with Crippen molar-refractivity contribution in [1.82, 2.24) is 0 Å². The Morgan fingerprint density at radius 3 is 2.36 bits per heavy atom. The van der Waals surface area contributed by atoms with Crippen LogP contribution in [0.3, 0.4) is 0 Å². The number of rotatable bonds is 5. The lowest BCUT2D eigenvalue weighted by Gasteiger charge is -2.02. The van der Waals surface area contributed by atoms with Gasteiger partial charge in [0.1, 0.15) is 0 Å². The van der Waals surface area contributed by atoms with Crippen molar-refractivity contribution in [3.05, 3.63) is 76.7 Å². The predicted molar refractivity (Wildman–Crippen MR) is 93.4 cm³/mol. The fourth-order valence-electron chi connectivity index (χ4n) is 1.94. The summed E-state index contributed by atoms with van der Waals surface area (Å²) in [5.74, 6) is -0.329. The maximum absolute atomic E-state index is 11.4. The maximum atomic E-state index is 11.4. The van der Waals surface area contributed by atoms with Crippen molar-refractivity contribution >= 4 is 30.5 Å². The molecule has 0 aromatic heterocycles. The second kappa shape index (κ2) is 8.20. The van der Waals surface area contributed by atoms with Crippen LogP contribution in [-0.4, -0.2) is 19.3 Å². The number of ether oxygens (including phenoxy) is 1. The second-order valence-corrected chi connectivity index (χ2v) is 4.84. The van der Waals surface area contributed by atoms with E-state index in [1.54, 1.807) is 17.5 Å². The number of thiol groups is 1. The predicted octanol–water partition coefficient (Wildman–Crippen LogP) is 4.01. The Kier molecular flexibility index (Phi) is 5.98. The highest BCUT2D eigenvalue weighted by molar-refractivity contribution is 7.83. The number of hydrogen-bond acceptors (Lipinski definition) is 4. The molecule has 0 heterocycles. The van der Waals surface area contributed by atoms with E-state index in [4.69, 9.17) is 0 Å². The quantitative estimate of drug-likeness (QED) is 0.515. The minimum absolute atomic E-state index is 0.329. The van der Waals surface area contributed by atoms with Gasteiger partial charge >= 0.3 is 5.97 Å². The lowest BCUT2D eigenvalue weighted by molar-refractivity contribution is 0.0600. The van der Waals surface area contributed by atoms with Gasteiger partial charge in [0.25, 0.3) is 0 Å². The number of carbonyl (C=O) groups is 1. The molecule has 0 atom stereocenters. The summed E-state index contributed by atoms with van der Waals surface area (Å²) in [6.07, 6.45) is 2.52. The summed E-state index contributed by atoms with van der Waals surface area (Å²) < 4.78 is 4.67. The molecule has 0 aliphatic heterocycles. The monoisotopic (exact) mass is 311 g/mol. The Hall–Kier alpha value is -2.33. The minimum Gasteiger partial charge on any atom is -0.465 e. The van der Waals surface area contributed by atoms with E-state index in [-0.39, 0.29) is 5.97 Å². The number of aliphatic imine (C=N–C) groups is 1. The largest absolute Gasteiger partial charge is 0.465 e. The summed E-state index contributed by atoms with van der Waals surface area (Å²) in [6.45, 7) is 0. The fraction of sp³-hybridized carbons (Fsp3) is 0.111. The first kappa shape index (κ1) is 16.0. The van der Waals surface area contributed by atoms with Crippen molar-refractivity contribution in [2.45, 2.75) is 6.42 Å². The number of nitrogens with zero attached hydrogens (tertiary/aromatic N) is 1. The van der Waals surface area contributed by atoms with Gasteiger partial charge in [-0.2, -0.15) is 0 Å². The van der Waals surface area contributed by atoms with E-state index >= 15 is 0 Å². The molecule has 0 aliphatic carbocycles. The summed E-state index contributed by atoms with van der Waals surface area (Å²) >= 11 is 4.21. The average Bonchev–Trinajstić information content (AvgIpc) is 2.59. The first-order valence-electron chi connectivity index (χ1n) is 6.84. The van der Waals surface area contributed by atoms with Crippen LogP contribution in [0.5, 0.6) is 0 Å². The average molecular weight is 311 g/mol. The molecule has 2 aromatic rings. The molecule has 2 aromatic carbocycles. The Bertz CT molecular complexity index is 676. The lowest BCUT2D eigenvalue weighted by Crippen LogP contribution is -2.00. The molecule has 0 bridgehead atoms. The smallest absolute Gasteiger partial charge is 0.337 e. The van der Waals surface area contributed by atoms with Crippen LogP contribution in [0.25, 0.3) is 5.70 Å². The van der Waals surface area contributed by atoms with Crippen LogP contribution in [0.15, 0.2) is 65.0 Å². The SMILES string of the molecule is COC(=O)c1ccc(CC=N/C(=C\S)c2ccccc2)cc1. The van der Waals surface area contributed by atoms with Crippen molar-refractivity contribution in [3.8, 4) is 0 Å². The molecule has 0 amide bonds. The fourth-order valence-corrected chi connectivity index (χ4v) is 2.15. The van der Waals surface area contributed by atoms with Gasteiger partial charge in [0.2, 0.25) is 0 Å². The van der Waals surface area contributed by atoms with Gasteiger partial charge in [-0.1, -0.05) is 42.5 Å². The van der Waals surface area contributed by atoms with Crippen LogP contribution in [0.4, 0.5) is 0 Å². The van der Waals surface area contributed by atoms with Crippen molar-refractivity contribution in [3.63, 3.8) is 0 Å². The lowest BCUT2D eigenvalue weighted by atomic mass is 10.1. The Balaban J connectivity index is 2.01. The van der Waals surface area contributed by atoms with Gasteiger partial charge in [-0.3, -0.25) is 4.99 Å². The Morgan fingerprint density at radius 1 is 1.09 bits per heavy atom. The minimum atomic E-state index is -0.329. The highest BCUT2D eigenvalue weighted by atomic mass is 32.1.